The van der Waals surface area contributed by atoms with E-state index < -0.39 is 6.10 Å². The van der Waals surface area contributed by atoms with E-state index in [1.807, 2.05) is 0 Å². The van der Waals surface area contributed by atoms with Gasteiger partial charge in [-0.2, -0.15) is 0 Å². The normalized spacial score (nSPS) is 22.1. The Morgan fingerprint density at radius 1 is 1.64 bits per heavy atom. The molecule has 0 fully saturated rings. The summed E-state index contributed by atoms with van der Waals surface area (Å²) in [4.78, 5) is 3.91. The first kappa shape index (κ1) is 6.61. The Labute approximate surface area is 64.6 Å². The van der Waals surface area contributed by atoms with Crippen molar-refractivity contribution < 1.29 is 9.84 Å². The molecule has 1 atom stereocenters. The molecule has 1 aliphatic heterocycles. The molecule has 3 heteroatoms. The first-order valence-corrected chi connectivity index (χ1v) is 3.63. The zero-order chi connectivity index (χ0) is 7.68. The van der Waals surface area contributed by atoms with Crippen molar-refractivity contribution in [2.75, 3.05) is 6.61 Å². The number of aliphatic hydroxyl groups excluding tert-OH is 1. The molecule has 0 saturated heterocycles. The average Bonchev–Trinajstić information content (AvgIpc) is 2.06. The molecular weight excluding hydrogens is 142 g/mol. The van der Waals surface area contributed by atoms with E-state index in [1.165, 1.54) is 0 Å². The van der Waals surface area contributed by atoms with Gasteiger partial charge in [0.05, 0.1) is 12.7 Å². The van der Waals surface area contributed by atoms with Gasteiger partial charge in [0.1, 0.15) is 5.75 Å². The average molecular weight is 151 g/mol. The van der Waals surface area contributed by atoms with Gasteiger partial charge in [-0.1, -0.05) is 0 Å². The summed E-state index contributed by atoms with van der Waals surface area (Å²) in [6.45, 7) is 0.595. The van der Waals surface area contributed by atoms with E-state index in [1.54, 1.807) is 18.5 Å². The molecule has 1 N–H and O–H groups in total. The summed E-state index contributed by atoms with van der Waals surface area (Å²) in [5.74, 6) is 0.763. The van der Waals surface area contributed by atoms with Gasteiger partial charge in [0.25, 0.3) is 0 Å². The quantitative estimate of drug-likeness (QED) is 0.599. The molecule has 0 radical (unpaired) electrons. The second kappa shape index (κ2) is 2.51. The molecule has 0 bridgehead atoms. The van der Waals surface area contributed by atoms with E-state index in [2.05, 4.69) is 4.98 Å². The van der Waals surface area contributed by atoms with Gasteiger partial charge in [-0.25, -0.2) is 0 Å². The molecule has 0 saturated carbocycles. The first-order valence-electron chi connectivity index (χ1n) is 3.63. The topological polar surface area (TPSA) is 42.4 Å². The van der Waals surface area contributed by atoms with Crippen molar-refractivity contribution in [2.24, 2.45) is 0 Å². The highest BCUT2D eigenvalue weighted by Gasteiger charge is 2.18. The second-order valence-corrected chi connectivity index (χ2v) is 2.57. The van der Waals surface area contributed by atoms with Crippen LogP contribution in [-0.4, -0.2) is 16.7 Å². The maximum atomic E-state index is 9.44. The first-order chi connectivity index (χ1) is 5.38. The second-order valence-electron chi connectivity index (χ2n) is 2.57. The van der Waals surface area contributed by atoms with Crippen molar-refractivity contribution in [1.29, 1.82) is 0 Å². The van der Waals surface area contributed by atoms with Crippen molar-refractivity contribution in [2.45, 2.75) is 12.5 Å². The van der Waals surface area contributed by atoms with Crippen LogP contribution in [0.3, 0.4) is 0 Å². The van der Waals surface area contributed by atoms with Crippen LogP contribution in [0.4, 0.5) is 0 Å². The number of pyridine rings is 1. The maximum Gasteiger partial charge on any atom is 0.128 e. The van der Waals surface area contributed by atoms with Crippen molar-refractivity contribution >= 4 is 0 Å². The predicted octanol–water partition coefficient (Wildman–Crippen LogP) is 0.897. The molecule has 1 aromatic rings. The minimum atomic E-state index is -0.396. The molecule has 1 aliphatic rings. The number of nitrogens with zero attached hydrogens (tertiary/aromatic N) is 1. The summed E-state index contributed by atoms with van der Waals surface area (Å²) < 4.78 is 5.29. The van der Waals surface area contributed by atoms with E-state index in [4.69, 9.17) is 4.74 Å². The van der Waals surface area contributed by atoms with Gasteiger partial charge in [0.15, 0.2) is 0 Å². The predicted molar refractivity (Wildman–Crippen MR) is 39.3 cm³/mol. The number of aromatic nitrogens is 1. The molecule has 2 heterocycles. The number of hydrogen-bond acceptors (Lipinski definition) is 3. The number of ether oxygens (including phenoxy) is 1. The third kappa shape index (κ3) is 1.07. The lowest BCUT2D eigenvalue weighted by atomic mass is 10.1. The van der Waals surface area contributed by atoms with E-state index in [-0.39, 0.29) is 0 Å². The summed E-state index contributed by atoms with van der Waals surface area (Å²) in [6, 6.07) is 1.78. The smallest absolute Gasteiger partial charge is 0.128 e. The molecule has 58 valence electrons. The van der Waals surface area contributed by atoms with Crippen molar-refractivity contribution in [3.8, 4) is 5.75 Å². The number of rotatable bonds is 0. The zero-order valence-electron chi connectivity index (χ0n) is 6.03. The summed E-state index contributed by atoms with van der Waals surface area (Å²) in [5.41, 5.74) is 0.804. The third-order valence-electron chi connectivity index (χ3n) is 1.82. The maximum absolute atomic E-state index is 9.44. The SMILES string of the molecule is O[C@H]1CCOc2ccncc21. The molecule has 2 rings (SSSR count). The lowest BCUT2D eigenvalue weighted by Gasteiger charge is -2.20. The van der Waals surface area contributed by atoms with Crippen LogP contribution >= 0.6 is 0 Å². The Balaban J connectivity index is 2.44. The van der Waals surface area contributed by atoms with Crippen LogP contribution in [0.25, 0.3) is 0 Å². The zero-order valence-corrected chi connectivity index (χ0v) is 6.03. The monoisotopic (exact) mass is 151 g/mol. The van der Waals surface area contributed by atoms with Crippen molar-refractivity contribution in [3.63, 3.8) is 0 Å². The van der Waals surface area contributed by atoms with Crippen LogP contribution < -0.4 is 4.74 Å². The molecule has 0 aromatic carbocycles. The highest BCUT2D eigenvalue weighted by atomic mass is 16.5. The molecule has 0 unspecified atom stereocenters. The fraction of sp³-hybridized carbons (Fsp3) is 0.375. The highest BCUT2D eigenvalue weighted by molar-refractivity contribution is 5.33. The Hall–Kier alpha value is -1.09. The van der Waals surface area contributed by atoms with Crippen LogP contribution in [0.5, 0.6) is 5.75 Å². The fourth-order valence-corrected chi connectivity index (χ4v) is 1.21. The fourth-order valence-electron chi connectivity index (χ4n) is 1.21. The van der Waals surface area contributed by atoms with Crippen LogP contribution in [-0.2, 0) is 0 Å². The van der Waals surface area contributed by atoms with E-state index in [0.29, 0.717) is 13.0 Å². The van der Waals surface area contributed by atoms with Crippen LogP contribution in [0.15, 0.2) is 18.5 Å². The highest BCUT2D eigenvalue weighted by Crippen LogP contribution is 2.30. The Morgan fingerprint density at radius 3 is 3.36 bits per heavy atom. The minimum absolute atomic E-state index is 0.396. The molecule has 1 aromatic heterocycles. The van der Waals surface area contributed by atoms with Crippen LogP contribution in [0.1, 0.15) is 18.1 Å². The van der Waals surface area contributed by atoms with Gasteiger partial charge in [0, 0.05) is 24.4 Å². The molecule has 11 heavy (non-hydrogen) atoms. The van der Waals surface area contributed by atoms with Crippen molar-refractivity contribution in [3.05, 3.63) is 24.0 Å². The molecule has 0 amide bonds. The largest absolute Gasteiger partial charge is 0.493 e. The van der Waals surface area contributed by atoms with Gasteiger partial charge in [-0.3, -0.25) is 4.98 Å². The van der Waals surface area contributed by atoms with Gasteiger partial charge < -0.3 is 9.84 Å². The van der Waals surface area contributed by atoms with Gasteiger partial charge in [-0.05, 0) is 6.07 Å². The van der Waals surface area contributed by atoms with E-state index >= 15 is 0 Å². The number of fused-ring (bicyclic) bond motifs is 1. The lowest BCUT2D eigenvalue weighted by Crippen LogP contribution is -2.13. The summed E-state index contributed by atoms with van der Waals surface area (Å²) in [5, 5.41) is 9.44. The number of hydrogen-bond donors (Lipinski definition) is 1. The summed E-state index contributed by atoms with van der Waals surface area (Å²) >= 11 is 0. The van der Waals surface area contributed by atoms with E-state index in [0.717, 1.165) is 11.3 Å². The Bertz CT molecular complexity index is 262. The molecular formula is C8H9NO2. The van der Waals surface area contributed by atoms with E-state index in [9.17, 15) is 5.11 Å². The molecule has 0 spiro atoms. The van der Waals surface area contributed by atoms with Crippen molar-refractivity contribution in [1.82, 2.24) is 4.98 Å². The van der Waals surface area contributed by atoms with Gasteiger partial charge in [-0.15, -0.1) is 0 Å². The minimum Gasteiger partial charge on any atom is -0.493 e. The lowest BCUT2D eigenvalue weighted by molar-refractivity contribution is 0.115. The Kier molecular flexibility index (Phi) is 1.51. The summed E-state index contributed by atoms with van der Waals surface area (Å²) in [7, 11) is 0. The van der Waals surface area contributed by atoms with Gasteiger partial charge >= 0.3 is 0 Å². The third-order valence-corrected chi connectivity index (χ3v) is 1.82. The molecule has 3 nitrogen and oxygen atoms in total. The standard InChI is InChI=1S/C8H9NO2/c10-7-2-4-11-8-1-3-9-5-6(7)8/h1,3,5,7,10H,2,4H2/t7-/m0/s1. The van der Waals surface area contributed by atoms with Crippen LogP contribution in [0, 0.1) is 0 Å². The van der Waals surface area contributed by atoms with Crippen LogP contribution in [0.2, 0.25) is 0 Å². The summed E-state index contributed by atoms with van der Waals surface area (Å²) in [6.07, 6.45) is 3.58. The molecule has 0 aliphatic carbocycles. The number of aliphatic hydroxyl groups is 1. The van der Waals surface area contributed by atoms with Gasteiger partial charge in [0.2, 0.25) is 0 Å². The Morgan fingerprint density at radius 2 is 2.55 bits per heavy atom.